The van der Waals surface area contributed by atoms with E-state index in [2.05, 4.69) is 32.3 Å². The molecular weight excluding hydrogens is 795 g/mol. The quantitative estimate of drug-likeness (QED) is 0.0623. The lowest BCUT2D eigenvalue weighted by molar-refractivity contribution is -0.136. The van der Waals surface area contributed by atoms with E-state index in [1.165, 1.54) is 10.9 Å². The molecule has 1 amide bonds. The number of nitrogens with two attached hydrogens (primary N) is 1. The first kappa shape index (κ1) is 42.8. The predicted molar refractivity (Wildman–Crippen MR) is 241 cm³/mol. The molecule has 0 radical (unpaired) electrons. The SMILES string of the molecule is C[C@H](CC(=O)N1CCC(O)(Cn2cnc3cc(CCCNCc4cnn(Cc5cnc(COc6ccc(Oc7ccccc7N)cc6)cn5)c4)ccc3c2=O)CC1)c1ccccc1. The largest absolute Gasteiger partial charge is 0.487 e. The number of piperidine rings is 1. The zero-order valence-electron chi connectivity index (χ0n) is 35.5. The molecule has 1 atom stereocenters. The summed E-state index contributed by atoms with van der Waals surface area (Å²) >= 11 is 0. The average molecular weight is 848 g/mol. The van der Waals surface area contributed by atoms with Crippen molar-refractivity contribution in [3.63, 3.8) is 0 Å². The molecule has 63 heavy (non-hydrogen) atoms. The number of amides is 1. The maximum atomic E-state index is 13.5. The Morgan fingerprint density at radius 2 is 1.63 bits per heavy atom. The first-order valence-corrected chi connectivity index (χ1v) is 21.5. The number of para-hydroxylation sites is 2. The maximum absolute atomic E-state index is 13.5. The van der Waals surface area contributed by atoms with Crippen LogP contribution in [0.5, 0.6) is 17.2 Å². The summed E-state index contributed by atoms with van der Waals surface area (Å²) in [7, 11) is 0. The smallest absolute Gasteiger partial charge is 0.261 e. The van der Waals surface area contributed by atoms with Gasteiger partial charge in [-0.05, 0) is 97.8 Å². The average Bonchev–Trinajstić information content (AvgIpc) is 3.75. The highest BCUT2D eigenvalue weighted by Gasteiger charge is 2.35. The third-order valence-corrected chi connectivity index (χ3v) is 11.5. The van der Waals surface area contributed by atoms with Gasteiger partial charge in [-0.25, -0.2) is 4.98 Å². The molecule has 0 aliphatic carbocycles. The van der Waals surface area contributed by atoms with E-state index in [-0.39, 0.29) is 30.5 Å². The molecule has 1 fully saturated rings. The zero-order chi connectivity index (χ0) is 43.6. The van der Waals surface area contributed by atoms with Crippen molar-refractivity contribution in [1.82, 2.24) is 39.5 Å². The molecular formula is C49H53N9O5. The van der Waals surface area contributed by atoms with Crippen molar-refractivity contribution in [1.29, 1.82) is 0 Å². The molecule has 324 valence electrons. The fourth-order valence-electron chi connectivity index (χ4n) is 7.81. The Bertz CT molecular complexity index is 2660. The van der Waals surface area contributed by atoms with Crippen LogP contribution in [0.25, 0.3) is 10.9 Å². The number of anilines is 1. The van der Waals surface area contributed by atoms with Crippen molar-refractivity contribution in [3.05, 3.63) is 167 Å². The van der Waals surface area contributed by atoms with Crippen LogP contribution in [-0.2, 0) is 37.5 Å². The Morgan fingerprint density at radius 1 is 0.889 bits per heavy atom. The summed E-state index contributed by atoms with van der Waals surface area (Å²) in [5.41, 5.74) is 10.7. The van der Waals surface area contributed by atoms with E-state index < -0.39 is 5.60 Å². The fourth-order valence-corrected chi connectivity index (χ4v) is 7.81. The Labute approximate surface area is 366 Å². The molecule has 4 aromatic carbocycles. The van der Waals surface area contributed by atoms with Gasteiger partial charge >= 0.3 is 0 Å². The first-order valence-electron chi connectivity index (χ1n) is 21.5. The van der Waals surface area contributed by atoms with Crippen LogP contribution >= 0.6 is 0 Å². The van der Waals surface area contributed by atoms with Gasteiger partial charge in [0.1, 0.15) is 23.9 Å². The Hall–Kier alpha value is -6.90. The Morgan fingerprint density at radius 3 is 2.41 bits per heavy atom. The van der Waals surface area contributed by atoms with Crippen LogP contribution in [0.3, 0.4) is 0 Å². The van der Waals surface area contributed by atoms with Gasteiger partial charge in [0.05, 0.1) is 71.6 Å². The number of nitrogens with one attached hydrogen (secondary N) is 1. The minimum Gasteiger partial charge on any atom is -0.487 e. The molecule has 1 aliphatic rings. The molecule has 1 saturated heterocycles. The van der Waals surface area contributed by atoms with Crippen molar-refractivity contribution in [3.8, 4) is 17.2 Å². The highest BCUT2D eigenvalue weighted by Crippen LogP contribution is 2.29. The van der Waals surface area contributed by atoms with E-state index in [4.69, 9.17) is 15.2 Å². The molecule has 0 spiro atoms. The molecule has 1 aliphatic heterocycles. The van der Waals surface area contributed by atoms with Crippen molar-refractivity contribution < 1.29 is 19.4 Å². The number of nitrogen functional groups attached to an aromatic ring is 1. The Kier molecular flexibility index (Phi) is 13.5. The van der Waals surface area contributed by atoms with Crippen molar-refractivity contribution >= 4 is 22.5 Å². The van der Waals surface area contributed by atoms with Crippen LogP contribution in [0.2, 0.25) is 0 Å². The molecule has 0 unspecified atom stereocenters. The van der Waals surface area contributed by atoms with E-state index in [0.29, 0.717) is 85.0 Å². The number of likely N-dealkylation sites (tertiary alicyclic amines) is 1. The summed E-state index contributed by atoms with van der Waals surface area (Å²) in [6.45, 7) is 5.39. The number of hydrogen-bond donors (Lipinski definition) is 3. The minimum atomic E-state index is -1.09. The van der Waals surface area contributed by atoms with Gasteiger partial charge in [-0.15, -0.1) is 0 Å². The number of aromatic nitrogens is 6. The van der Waals surface area contributed by atoms with Crippen LogP contribution < -0.4 is 26.1 Å². The lowest BCUT2D eigenvalue weighted by atomic mass is 9.90. The second-order valence-corrected chi connectivity index (χ2v) is 16.4. The summed E-state index contributed by atoms with van der Waals surface area (Å²) in [6.07, 6.45) is 11.8. The van der Waals surface area contributed by atoms with Gasteiger partial charge < -0.3 is 30.5 Å². The lowest BCUT2D eigenvalue weighted by Crippen LogP contribution is -2.49. The second-order valence-electron chi connectivity index (χ2n) is 16.4. The van der Waals surface area contributed by atoms with Crippen LogP contribution in [0.1, 0.15) is 66.6 Å². The number of carbonyl (C=O) groups excluding carboxylic acids is 1. The van der Waals surface area contributed by atoms with Gasteiger partial charge in [0.25, 0.3) is 5.56 Å². The van der Waals surface area contributed by atoms with Crippen LogP contribution in [0.4, 0.5) is 5.69 Å². The highest BCUT2D eigenvalue weighted by molar-refractivity contribution is 5.78. The number of nitrogens with zero attached hydrogens (tertiary/aromatic N) is 7. The summed E-state index contributed by atoms with van der Waals surface area (Å²) < 4.78 is 15.1. The number of rotatable bonds is 18. The minimum absolute atomic E-state index is 0.0912. The van der Waals surface area contributed by atoms with Crippen LogP contribution in [0, 0.1) is 0 Å². The predicted octanol–water partition coefficient (Wildman–Crippen LogP) is 6.65. The Balaban J connectivity index is 0.734. The molecule has 3 aromatic heterocycles. The molecule has 0 bridgehead atoms. The van der Waals surface area contributed by atoms with Gasteiger partial charge in [0, 0.05) is 37.8 Å². The summed E-state index contributed by atoms with van der Waals surface area (Å²) in [5.74, 6) is 2.17. The number of benzene rings is 4. The van der Waals surface area contributed by atoms with Crippen LogP contribution in [-0.4, -0.2) is 70.4 Å². The fraction of sp³-hybridized carbons (Fsp3) is 0.306. The van der Waals surface area contributed by atoms with E-state index in [9.17, 15) is 14.7 Å². The maximum Gasteiger partial charge on any atom is 0.261 e. The van der Waals surface area contributed by atoms with Gasteiger partial charge in [-0.1, -0.05) is 55.5 Å². The van der Waals surface area contributed by atoms with Crippen molar-refractivity contribution in [2.24, 2.45) is 0 Å². The molecule has 14 heteroatoms. The third kappa shape index (κ3) is 11.3. The summed E-state index contributed by atoms with van der Waals surface area (Å²) in [6, 6.07) is 30.5. The monoisotopic (exact) mass is 847 g/mol. The van der Waals surface area contributed by atoms with Gasteiger partial charge in [-0.3, -0.25) is 28.8 Å². The van der Waals surface area contributed by atoms with Gasteiger partial charge in [0.2, 0.25) is 5.91 Å². The zero-order valence-corrected chi connectivity index (χ0v) is 35.5. The summed E-state index contributed by atoms with van der Waals surface area (Å²) in [5, 5.41) is 20.0. The molecule has 4 heterocycles. The number of fused-ring (bicyclic) bond motifs is 1. The van der Waals surface area contributed by atoms with E-state index in [0.717, 1.165) is 41.8 Å². The van der Waals surface area contributed by atoms with Crippen molar-refractivity contribution in [2.45, 2.75) is 76.8 Å². The number of carbonyl (C=O) groups is 1. The van der Waals surface area contributed by atoms with E-state index in [1.807, 2.05) is 113 Å². The van der Waals surface area contributed by atoms with Crippen LogP contribution in [0.15, 0.2) is 133 Å². The van der Waals surface area contributed by atoms with E-state index in [1.54, 1.807) is 18.5 Å². The summed E-state index contributed by atoms with van der Waals surface area (Å²) in [4.78, 5) is 42.0. The highest BCUT2D eigenvalue weighted by atomic mass is 16.5. The third-order valence-electron chi connectivity index (χ3n) is 11.5. The molecule has 0 saturated carbocycles. The second kappa shape index (κ2) is 19.9. The molecule has 14 nitrogen and oxygen atoms in total. The van der Waals surface area contributed by atoms with Crippen molar-refractivity contribution in [2.75, 3.05) is 25.4 Å². The number of hydrogen-bond acceptors (Lipinski definition) is 11. The first-order chi connectivity index (χ1) is 30.7. The number of aliphatic hydroxyl groups is 1. The molecule has 4 N–H and O–H groups in total. The van der Waals surface area contributed by atoms with E-state index >= 15 is 0 Å². The number of aryl methyl sites for hydroxylation is 1. The molecule has 7 aromatic rings. The normalized spacial score (nSPS) is 14.1. The standard InChI is InChI=1S/C49H53N9O5/c1-35(38-9-3-2-4-10-38)24-47(59)56-22-19-49(61,20-23-56)33-57-34-54-45-25-36(13-18-43(45)48(57)60)8-7-21-51-26-37-27-55-58(30-37)31-39-28-53-40(29-52-39)32-62-41-14-16-42(17-15-41)63-46-12-6-5-11-44(46)50/h2-6,9-18,25,27-30,34-35,51,61H,7-8,19-24,26,31-33,50H2,1H3/t35-/m1/s1. The van der Waals surface area contributed by atoms with Gasteiger partial charge in [0.15, 0.2) is 0 Å². The lowest BCUT2D eigenvalue weighted by Gasteiger charge is -2.38. The molecule has 8 rings (SSSR count). The number of ether oxygens (including phenoxy) is 2. The van der Waals surface area contributed by atoms with Gasteiger partial charge in [-0.2, -0.15) is 5.10 Å². The topological polar surface area (TPSA) is 176 Å².